The maximum atomic E-state index is 5.81. The summed E-state index contributed by atoms with van der Waals surface area (Å²) in [5.41, 5.74) is 3.30. The minimum absolute atomic E-state index is 0.331. The summed E-state index contributed by atoms with van der Waals surface area (Å²) in [5, 5.41) is 0. The quantitative estimate of drug-likeness (QED) is 0.786. The molecule has 0 bridgehead atoms. The lowest BCUT2D eigenvalue weighted by atomic mass is 10.1. The second-order valence-electron chi connectivity index (χ2n) is 4.34. The Bertz CT molecular complexity index is 555. The summed E-state index contributed by atoms with van der Waals surface area (Å²) in [4.78, 5) is 0. The molecule has 3 rings (SSSR count). The van der Waals surface area contributed by atoms with Gasteiger partial charge in [-0.2, -0.15) is 0 Å². The Balaban J connectivity index is 1.77. The Hall–Kier alpha value is -2.22. The lowest BCUT2D eigenvalue weighted by molar-refractivity contribution is -0.0170. The van der Waals surface area contributed by atoms with Crippen LogP contribution >= 0.6 is 0 Å². The first-order valence-electron chi connectivity index (χ1n) is 5.97. The van der Waals surface area contributed by atoms with E-state index in [2.05, 4.69) is 19.1 Å². The zero-order valence-corrected chi connectivity index (χ0v) is 10.2. The predicted octanol–water partition coefficient (Wildman–Crippen LogP) is 4.04. The molecule has 0 N–H and O–H groups in total. The fourth-order valence-electron chi connectivity index (χ4n) is 1.91. The van der Waals surface area contributed by atoms with E-state index in [9.17, 15) is 0 Å². The van der Waals surface area contributed by atoms with E-state index < -0.39 is 0 Å². The van der Waals surface area contributed by atoms with Crippen LogP contribution in [0.1, 0.15) is 23.0 Å². The molecule has 18 heavy (non-hydrogen) atoms. The molecule has 2 nitrogen and oxygen atoms in total. The zero-order chi connectivity index (χ0) is 12.4. The minimum Gasteiger partial charge on any atom is -0.454 e. The first kappa shape index (κ1) is 10.9. The molecule has 0 amide bonds. The third-order valence-corrected chi connectivity index (χ3v) is 2.94. The van der Waals surface area contributed by atoms with Crippen molar-refractivity contribution in [1.82, 2.24) is 0 Å². The summed E-state index contributed by atoms with van der Waals surface area (Å²) in [7, 11) is 0. The molecule has 1 aliphatic rings. The van der Waals surface area contributed by atoms with E-state index in [4.69, 9.17) is 9.47 Å². The third-order valence-electron chi connectivity index (χ3n) is 2.94. The molecular weight excluding hydrogens is 224 g/mol. The van der Waals surface area contributed by atoms with Crippen LogP contribution in [0, 0.1) is 6.92 Å². The van der Waals surface area contributed by atoms with E-state index >= 15 is 0 Å². The van der Waals surface area contributed by atoms with Gasteiger partial charge in [0.1, 0.15) is 6.26 Å². The zero-order valence-electron chi connectivity index (χ0n) is 10.2. The number of hydrogen-bond donors (Lipinski definition) is 0. The van der Waals surface area contributed by atoms with Gasteiger partial charge in [-0.15, -0.1) is 0 Å². The van der Waals surface area contributed by atoms with E-state index in [0.717, 1.165) is 16.9 Å². The van der Waals surface area contributed by atoms with Crippen LogP contribution in [-0.4, -0.2) is 0 Å². The Morgan fingerprint density at radius 1 is 0.889 bits per heavy atom. The van der Waals surface area contributed by atoms with Crippen molar-refractivity contribution in [2.45, 2.75) is 13.2 Å². The second-order valence-corrected chi connectivity index (χ2v) is 4.34. The summed E-state index contributed by atoms with van der Waals surface area (Å²) < 4.78 is 11.4. The van der Waals surface area contributed by atoms with Gasteiger partial charge in [0.2, 0.25) is 0 Å². The van der Waals surface area contributed by atoms with Crippen molar-refractivity contribution in [2.24, 2.45) is 0 Å². The van der Waals surface area contributed by atoms with Crippen molar-refractivity contribution in [2.75, 3.05) is 0 Å². The van der Waals surface area contributed by atoms with Gasteiger partial charge in [-0.3, -0.25) is 0 Å². The van der Waals surface area contributed by atoms with Gasteiger partial charge in [-0.25, -0.2) is 0 Å². The summed E-state index contributed by atoms with van der Waals surface area (Å²) in [6, 6.07) is 18.1. The molecule has 0 aromatic heterocycles. The molecule has 1 heterocycles. The van der Waals surface area contributed by atoms with Gasteiger partial charge < -0.3 is 9.47 Å². The minimum atomic E-state index is -0.331. The second kappa shape index (κ2) is 4.57. The van der Waals surface area contributed by atoms with Crippen LogP contribution in [0.4, 0.5) is 0 Å². The molecule has 0 aliphatic carbocycles. The van der Waals surface area contributed by atoms with E-state index in [1.54, 1.807) is 6.26 Å². The highest BCUT2D eigenvalue weighted by molar-refractivity contribution is 5.60. The summed E-state index contributed by atoms with van der Waals surface area (Å²) >= 11 is 0. The van der Waals surface area contributed by atoms with Crippen LogP contribution in [0.15, 0.2) is 60.9 Å². The molecule has 0 saturated carbocycles. The molecule has 2 aromatic rings. The fraction of sp³-hybridized carbons (Fsp3) is 0.125. The van der Waals surface area contributed by atoms with Gasteiger partial charge in [0.25, 0.3) is 6.29 Å². The van der Waals surface area contributed by atoms with Crippen LogP contribution in [0.25, 0.3) is 5.76 Å². The van der Waals surface area contributed by atoms with E-state index in [1.165, 1.54) is 5.56 Å². The highest BCUT2D eigenvalue weighted by Gasteiger charge is 2.21. The molecule has 1 atom stereocenters. The van der Waals surface area contributed by atoms with Gasteiger partial charge in [-0.05, 0) is 6.92 Å². The first-order chi connectivity index (χ1) is 8.83. The monoisotopic (exact) mass is 238 g/mol. The molecule has 1 unspecified atom stereocenters. The standard InChI is InChI=1S/C16H14O2/c1-12-7-9-13(10-8-12)15-11-17-16(18-15)14-5-3-2-4-6-14/h2-11,16H,1H3. The molecular formula is C16H14O2. The first-order valence-corrected chi connectivity index (χ1v) is 5.97. The molecule has 0 fully saturated rings. The van der Waals surface area contributed by atoms with Gasteiger partial charge in [0.05, 0.1) is 0 Å². The molecule has 0 saturated heterocycles. The van der Waals surface area contributed by atoms with E-state index in [1.807, 2.05) is 42.5 Å². The van der Waals surface area contributed by atoms with E-state index in [-0.39, 0.29) is 6.29 Å². The molecule has 2 heteroatoms. The van der Waals surface area contributed by atoms with Crippen LogP contribution in [0.3, 0.4) is 0 Å². The largest absolute Gasteiger partial charge is 0.454 e. The molecule has 90 valence electrons. The van der Waals surface area contributed by atoms with Crippen molar-refractivity contribution in [1.29, 1.82) is 0 Å². The van der Waals surface area contributed by atoms with Crippen LogP contribution in [-0.2, 0) is 9.47 Å². The van der Waals surface area contributed by atoms with Gasteiger partial charge >= 0.3 is 0 Å². The Morgan fingerprint density at radius 2 is 1.61 bits per heavy atom. The summed E-state index contributed by atoms with van der Waals surface area (Å²) in [6.45, 7) is 2.07. The van der Waals surface area contributed by atoms with Crippen LogP contribution < -0.4 is 0 Å². The van der Waals surface area contributed by atoms with E-state index in [0.29, 0.717) is 0 Å². The van der Waals surface area contributed by atoms with Crippen molar-refractivity contribution in [3.05, 3.63) is 77.5 Å². The molecule has 2 aromatic carbocycles. The maximum absolute atomic E-state index is 5.81. The number of rotatable bonds is 2. The Morgan fingerprint density at radius 3 is 2.33 bits per heavy atom. The topological polar surface area (TPSA) is 18.5 Å². The number of aryl methyl sites for hydroxylation is 1. The lowest BCUT2D eigenvalue weighted by Crippen LogP contribution is -1.98. The van der Waals surface area contributed by atoms with Crippen LogP contribution in [0.5, 0.6) is 0 Å². The normalized spacial score (nSPS) is 17.8. The summed E-state index contributed by atoms with van der Waals surface area (Å²) in [6.07, 6.45) is 1.35. The smallest absolute Gasteiger partial charge is 0.267 e. The van der Waals surface area contributed by atoms with Crippen LogP contribution in [0.2, 0.25) is 0 Å². The highest BCUT2D eigenvalue weighted by Crippen LogP contribution is 2.33. The molecule has 0 spiro atoms. The van der Waals surface area contributed by atoms with Crippen molar-refractivity contribution in [3.63, 3.8) is 0 Å². The van der Waals surface area contributed by atoms with Gasteiger partial charge in [-0.1, -0.05) is 60.2 Å². The number of benzene rings is 2. The average molecular weight is 238 g/mol. The Labute approximate surface area is 106 Å². The fourth-order valence-corrected chi connectivity index (χ4v) is 1.91. The average Bonchev–Trinajstić information content (AvgIpc) is 2.90. The maximum Gasteiger partial charge on any atom is 0.267 e. The van der Waals surface area contributed by atoms with Gasteiger partial charge in [0.15, 0.2) is 5.76 Å². The predicted molar refractivity (Wildman–Crippen MR) is 70.5 cm³/mol. The lowest BCUT2D eigenvalue weighted by Gasteiger charge is -2.11. The highest BCUT2D eigenvalue weighted by atomic mass is 16.7. The SMILES string of the molecule is Cc1ccc(C2=COC(c3ccccc3)O2)cc1. The van der Waals surface area contributed by atoms with Crippen molar-refractivity contribution < 1.29 is 9.47 Å². The number of hydrogen-bond acceptors (Lipinski definition) is 2. The molecule has 1 aliphatic heterocycles. The van der Waals surface area contributed by atoms with Gasteiger partial charge in [0, 0.05) is 11.1 Å². The molecule has 0 radical (unpaired) electrons. The van der Waals surface area contributed by atoms with Crippen molar-refractivity contribution >= 4 is 5.76 Å². The number of ether oxygens (including phenoxy) is 2. The third kappa shape index (κ3) is 2.09. The summed E-state index contributed by atoms with van der Waals surface area (Å²) in [5.74, 6) is 0.781. The Kier molecular flexibility index (Phi) is 2.77. The van der Waals surface area contributed by atoms with Crippen molar-refractivity contribution in [3.8, 4) is 0 Å².